The standard InChI is InChI=1S/C21H39N3O10/c25-9-2-1-6-22-19(27)16-33-14-13-32-11-8-24-20(28)17-34-15-12-31-10-7-23-18(26)4-3-5-21(29)30/h25H,1-17H2,(H,22,27)(H,23,26)(H,24,28)(H,29,30). The molecule has 0 aliphatic heterocycles. The Hall–Kier alpha value is -2.32. The highest BCUT2D eigenvalue weighted by molar-refractivity contribution is 5.77. The normalized spacial score (nSPS) is 10.6. The topological polar surface area (TPSA) is 182 Å². The van der Waals surface area contributed by atoms with Crippen molar-refractivity contribution in [1.29, 1.82) is 0 Å². The van der Waals surface area contributed by atoms with Crippen LogP contribution >= 0.6 is 0 Å². The van der Waals surface area contributed by atoms with Gasteiger partial charge in [-0.2, -0.15) is 0 Å². The second-order valence-electron chi connectivity index (χ2n) is 7.06. The van der Waals surface area contributed by atoms with Crippen molar-refractivity contribution in [3.8, 4) is 0 Å². The number of hydrogen-bond acceptors (Lipinski definition) is 9. The number of hydrogen-bond donors (Lipinski definition) is 5. The fourth-order valence-electron chi connectivity index (χ4n) is 2.35. The number of ether oxygens (including phenoxy) is 4. The molecule has 0 saturated carbocycles. The third-order valence-electron chi connectivity index (χ3n) is 4.05. The van der Waals surface area contributed by atoms with Crippen molar-refractivity contribution in [1.82, 2.24) is 16.0 Å². The van der Waals surface area contributed by atoms with Crippen LogP contribution in [0.5, 0.6) is 0 Å². The lowest BCUT2D eigenvalue weighted by atomic mass is 10.2. The summed E-state index contributed by atoms with van der Waals surface area (Å²) in [5, 5.41) is 25.1. The largest absolute Gasteiger partial charge is 0.481 e. The molecule has 13 nitrogen and oxygen atoms in total. The molecule has 0 rings (SSSR count). The van der Waals surface area contributed by atoms with Gasteiger partial charge in [0, 0.05) is 39.1 Å². The van der Waals surface area contributed by atoms with Crippen molar-refractivity contribution in [2.24, 2.45) is 0 Å². The number of aliphatic hydroxyl groups is 1. The van der Waals surface area contributed by atoms with E-state index in [4.69, 9.17) is 29.2 Å². The Morgan fingerprint density at radius 1 is 0.559 bits per heavy atom. The predicted molar refractivity (Wildman–Crippen MR) is 120 cm³/mol. The highest BCUT2D eigenvalue weighted by Crippen LogP contribution is 1.94. The summed E-state index contributed by atoms with van der Waals surface area (Å²) in [6.07, 6.45) is 1.79. The molecular formula is C21H39N3O10. The molecule has 0 bridgehead atoms. The molecule has 13 heteroatoms. The maximum Gasteiger partial charge on any atom is 0.303 e. The number of aliphatic hydroxyl groups excluding tert-OH is 1. The molecule has 0 atom stereocenters. The molecule has 0 saturated heterocycles. The lowest BCUT2D eigenvalue weighted by molar-refractivity contribution is -0.137. The average molecular weight is 494 g/mol. The number of carbonyl (C=O) groups is 4. The van der Waals surface area contributed by atoms with Gasteiger partial charge in [-0.05, 0) is 19.3 Å². The molecule has 0 aliphatic carbocycles. The summed E-state index contributed by atoms with van der Waals surface area (Å²) in [6.45, 7) is 2.72. The smallest absolute Gasteiger partial charge is 0.303 e. The maximum absolute atomic E-state index is 11.6. The number of nitrogens with one attached hydrogen (secondary N) is 3. The minimum atomic E-state index is -0.926. The van der Waals surface area contributed by atoms with Crippen LogP contribution in [0.15, 0.2) is 0 Å². The summed E-state index contributed by atoms with van der Waals surface area (Å²) in [7, 11) is 0. The highest BCUT2D eigenvalue weighted by Gasteiger charge is 2.04. The van der Waals surface area contributed by atoms with Gasteiger partial charge < -0.3 is 45.1 Å². The lowest BCUT2D eigenvalue weighted by Crippen LogP contribution is -2.31. The van der Waals surface area contributed by atoms with Gasteiger partial charge >= 0.3 is 5.97 Å². The SMILES string of the molecule is O=C(O)CCCC(=O)NCCOCCOCC(=O)NCCOCCOCC(=O)NCCCCO. The molecule has 34 heavy (non-hydrogen) atoms. The number of amides is 3. The van der Waals surface area contributed by atoms with Crippen LogP contribution in [0.4, 0.5) is 0 Å². The Bertz CT molecular complexity index is 563. The van der Waals surface area contributed by atoms with Crippen LogP contribution in [0.3, 0.4) is 0 Å². The van der Waals surface area contributed by atoms with Crippen LogP contribution in [0.2, 0.25) is 0 Å². The van der Waals surface area contributed by atoms with Crippen LogP contribution in [0.1, 0.15) is 32.1 Å². The Labute approximate surface area is 199 Å². The second-order valence-corrected chi connectivity index (χ2v) is 7.06. The van der Waals surface area contributed by atoms with Gasteiger partial charge in [-0.1, -0.05) is 0 Å². The van der Waals surface area contributed by atoms with Gasteiger partial charge in [0.25, 0.3) is 0 Å². The highest BCUT2D eigenvalue weighted by atomic mass is 16.5. The first-order valence-electron chi connectivity index (χ1n) is 11.4. The summed E-state index contributed by atoms with van der Waals surface area (Å²) in [5.41, 5.74) is 0. The van der Waals surface area contributed by atoms with E-state index >= 15 is 0 Å². The van der Waals surface area contributed by atoms with Crippen molar-refractivity contribution in [3.63, 3.8) is 0 Å². The Kier molecular flexibility index (Phi) is 22.2. The number of carboxylic acid groups (broad SMARTS) is 1. The van der Waals surface area contributed by atoms with E-state index < -0.39 is 5.97 Å². The van der Waals surface area contributed by atoms with Gasteiger partial charge in [0.2, 0.25) is 17.7 Å². The minimum Gasteiger partial charge on any atom is -0.481 e. The van der Waals surface area contributed by atoms with E-state index in [9.17, 15) is 19.2 Å². The van der Waals surface area contributed by atoms with Crippen molar-refractivity contribution >= 4 is 23.7 Å². The minimum absolute atomic E-state index is 0.0354. The number of unbranched alkanes of at least 4 members (excludes halogenated alkanes) is 1. The van der Waals surface area contributed by atoms with Crippen LogP contribution in [-0.4, -0.2) is 113 Å². The first kappa shape index (κ1) is 31.7. The quantitative estimate of drug-likeness (QED) is 0.0985. The van der Waals surface area contributed by atoms with E-state index in [1.54, 1.807) is 0 Å². The van der Waals surface area contributed by atoms with Crippen molar-refractivity contribution in [3.05, 3.63) is 0 Å². The summed E-state index contributed by atoms with van der Waals surface area (Å²) in [6, 6.07) is 0. The van der Waals surface area contributed by atoms with Crippen molar-refractivity contribution in [2.75, 3.05) is 79.1 Å². The monoisotopic (exact) mass is 493 g/mol. The van der Waals surface area contributed by atoms with Gasteiger partial charge in [-0.15, -0.1) is 0 Å². The molecule has 0 unspecified atom stereocenters. The zero-order valence-corrected chi connectivity index (χ0v) is 19.7. The summed E-state index contributed by atoms with van der Waals surface area (Å²) in [5.74, 6) is -1.65. The molecule has 0 aliphatic rings. The number of carboxylic acids is 1. The van der Waals surface area contributed by atoms with Gasteiger partial charge in [0.15, 0.2) is 0 Å². The molecule has 0 aromatic carbocycles. The van der Waals surface area contributed by atoms with Crippen LogP contribution in [0, 0.1) is 0 Å². The molecule has 0 aromatic heterocycles. The van der Waals surface area contributed by atoms with E-state index in [1.807, 2.05) is 0 Å². The molecule has 198 valence electrons. The zero-order valence-electron chi connectivity index (χ0n) is 19.7. The van der Waals surface area contributed by atoms with Gasteiger partial charge in [0.1, 0.15) is 13.2 Å². The third-order valence-corrected chi connectivity index (χ3v) is 4.05. The molecule has 0 radical (unpaired) electrons. The molecule has 0 heterocycles. The molecule has 0 aromatic rings. The molecule has 3 amide bonds. The van der Waals surface area contributed by atoms with Gasteiger partial charge in [-0.25, -0.2) is 0 Å². The number of carbonyl (C=O) groups excluding carboxylic acids is 3. The van der Waals surface area contributed by atoms with Crippen LogP contribution in [0.25, 0.3) is 0 Å². The first-order valence-corrected chi connectivity index (χ1v) is 11.4. The summed E-state index contributed by atoms with van der Waals surface area (Å²) in [4.78, 5) is 44.8. The van der Waals surface area contributed by atoms with Crippen molar-refractivity contribution < 1.29 is 48.3 Å². The Balaban J connectivity index is 3.33. The van der Waals surface area contributed by atoms with E-state index in [0.29, 0.717) is 45.7 Å². The molecule has 0 spiro atoms. The van der Waals surface area contributed by atoms with Gasteiger partial charge in [0.05, 0.1) is 39.6 Å². The zero-order chi connectivity index (χ0) is 25.3. The third kappa shape index (κ3) is 24.3. The number of aliphatic carboxylic acids is 1. The predicted octanol–water partition coefficient (Wildman–Crippen LogP) is -1.57. The second kappa shape index (κ2) is 23.8. The van der Waals surface area contributed by atoms with Crippen LogP contribution in [-0.2, 0) is 38.1 Å². The Morgan fingerprint density at radius 3 is 1.59 bits per heavy atom. The first-order chi connectivity index (χ1) is 16.5. The van der Waals surface area contributed by atoms with E-state index in [1.165, 1.54) is 0 Å². The van der Waals surface area contributed by atoms with Crippen LogP contribution < -0.4 is 16.0 Å². The summed E-state index contributed by atoms with van der Waals surface area (Å²) < 4.78 is 20.9. The molecule has 0 fully saturated rings. The molecule has 5 N–H and O–H groups in total. The van der Waals surface area contributed by atoms with Gasteiger partial charge in [-0.3, -0.25) is 19.2 Å². The number of rotatable bonds is 24. The van der Waals surface area contributed by atoms with E-state index in [-0.39, 0.29) is 76.8 Å². The fraction of sp³-hybridized carbons (Fsp3) is 0.810. The average Bonchev–Trinajstić information content (AvgIpc) is 2.80. The molecular weight excluding hydrogens is 454 g/mol. The lowest BCUT2D eigenvalue weighted by Gasteiger charge is -2.09. The summed E-state index contributed by atoms with van der Waals surface area (Å²) >= 11 is 0. The van der Waals surface area contributed by atoms with E-state index in [2.05, 4.69) is 16.0 Å². The van der Waals surface area contributed by atoms with E-state index in [0.717, 1.165) is 6.42 Å². The Morgan fingerprint density at radius 2 is 1.06 bits per heavy atom. The maximum atomic E-state index is 11.6. The van der Waals surface area contributed by atoms with Crippen molar-refractivity contribution in [2.45, 2.75) is 32.1 Å². The fourth-order valence-corrected chi connectivity index (χ4v) is 2.35.